The lowest BCUT2D eigenvalue weighted by Crippen LogP contribution is -2.59. The van der Waals surface area contributed by atoms with Gasteiger partial charge in [0.2, 0.25) is 11.8 Å². The molecule has 2 bridgehead atoms. The molecule has 1 spiro atoms. The molecule has 0 aromatic heterocycles. The molecule has 3 aliphatic heterocycles. The molecule has 0 saturated carbocycles. The summed E-state index contributed by atoms with van der Waals surface area (Å²) in [5.41, 5.74) is 0. The van der Waals surface area contributed by atoms with E-state index in [1.165, 1.54) is 6.08 Å². The zero-order valence-electron chi connectivity index (χ0n) is 21.2. The number of rotatable bonds is 11. The largest absolute Gasteiger partial charge is 0.461 e. The third kappa shape index (κ3) is 4.00. The van der Waals surface area contributed by atoms with Gasteiger partial charge >= 0.3 is 5.97 Å². The van der Waals surface area contributed by atoms with Crippen molar-refractivity contribution in [1.29, 1.82) is 0 Å². The lowest BCUT2D eigenvalue weighted by Gasteiger charge is -2.42. The molecule has 7 nitrogen and oxygen atoms in total. The molecule has 2 amide bonds. The number of amides is 2. The maximum absolute atomic E-state index is 14.2. The molecule has 2 unspecified atom stereocenters. The van der Waals surface area contributed by atoms with Crippen LogP contribution >= 0.6 is 11.8 Å². The first kappa shape index (κ1) is 26.8. The average Bonchev–Trinajstić information content (AvgIpc) is 3.36. The van der Waals surface area contributed by atoms with E-state index in [2.05, 4.69) is 13.2 Å². The van der Waals surface area contributed by atoms with Crippen LogP contribution in [0.15, 0.2) is 25.3 Å². The van der Waals surface area contributed by atoms with E-state index in [1.54, 1.807) is 27.6 Å². The number of carbonyl (C=O) groups is 3. The summed E-state index contributed by atoms with van der Waals surface area (Å²) in [6.45, 7) is 17.6. The van der Waals surface area contributed by atoms with Crippen LogP contribution in [0.5, 0.6) is 0 Å². The molecule has 3 aliphatic rings. The first-order chi connectivity index (χ1) is 16.0. The van der Waals surface area contributed by atoms with E-state index in [9.17, 15) is 19.5 Å². The SMILES string of the molecule is C=CCOC(=O)[C@H]1[C@H]2C(=O)N([C@@H](CO)[C@@H](C)CC)C(C(=O)N(CC=C)C(C)C)C23CC[C@]1(C)S3. The van der Waals surface area contributed by atoms with Crippen LogP contribution in [0.3, 0.4) is 0 Å². The van der Waals surface area contributed by atoms with Crippen LogP contribution in [-0.2, 0) is 19.1 Å². The van der Waals surface area contributed by atoms with Gasteiger partial charge in [-0.15, -0.1) is 18.3 Å². The number of thioether (sulfide) groups is 1. The van der Waals surface area contributed by atoms with Crippen LogP contribution in [0.4, 0.5) is 0 Å². The van der Waals surface area contributed by atoms with Gasteiger partial charge in [0.05, 0.1) is 29.2 Å². The van der Waals surface area contributed by atoms with Gasteiger partial charge in [0.1, 0.15) is 12.6 Å². The number of hydrogen-bond acceptors (Lipinski definition) is 6. The van der Waals surface area contributed by atoms with Crippen molar-refractivity contribution in [2.45, 2.75) is 81.5 Å². The molecule has 0 aliphatic carbocycles. The average molecular weight is 493 g/mol. The van der Waals surface area contributed by atoms with E-state index < -0.39 is 39.4 Å². The van der Waals surface area contributed by atoms with Crippen molar-refractivity contribution in [2.75, 3.05) is 19.8 Å². The number of nitrogens with zero attached hydrogens (tertiary/aromatic N) is 2. The highest BCUT2D eigenvalue weighted by Gasteiger charge is 2.78. The van der Waals surface area contributed by atoms with Crippen molar-refractivity contribution in [1.82, 2.24) is 9.80 Å². The highest BCUT2D eigenvalue weighted by Crippen LogP contribution is 2.72. The zero-order valence-corrected chi connectivity index (χ0v) is 22.0. The number of aliphatic hydroxyl groups excluding tert-OH is 1. The number of likely N-dealkylation sites (tertiary alicyclic amines) is 1. The standard InChI is InChI=1S/C26H40N2O5S/c1-8-13-27(16(4)5)23(31)21-26-12-11-25(7,34-26)20(24(32)33-14-9-2)19(26)22(30)28(21)18(15-29)17(6)10-3/h8-9,16-21,29H,1-2,10-15H2,3-7H3/t17-,18-,19-,20+,21?,25-,26?/m0/s1. The summed E-state index contributed by atoms with van der Waals surface area (Å²) in [6.07, 6.45) is 5.36. The second-order valence-electron chi connectivity index (χ2n) is 10.4. The summed E-state index contributed by atoms with van der Waals surface area (Å²) in [4.78, 5) is 45.0. The first-order valence-electron chi connectivity index (χ1n) is 12.4. The lowest BCUT2D eigenvalue weighted by atomic mass is 9.66. The fourth-order valence-electron chi connectivity index (χ4n) is 6.25. The number of fused-ring (bicyclic) bond motifs is 1. The summed E-state index contributed by atoms with van der Waals surface area (Å²) < 4.78 is 4.25. The third-order valence-corrected chi connectivity index (χ3v) is 10.1. The first-order valence-corrected chi connectivity index (χ1v) is 13.2. The molecular formula is C26H40N2O5S. The Labute approximate surface area is 208 Å². The topological polar surface area (TPSA) is 87.1 Å². The van der Waals surface area contributed by atoms with Gasteiger partial charge < -0.3 is 19.6 Å². The molecule has 8 heteroatoms. The summed E-state index contributed by atoms with van der Waals surface area (Å²) in [5, 5.41) is 10.4. The Hall–Kier alpha value is -1.80. The monoisotopic (exact) mass is 492 g/mol. The van der Waals surface area contributed by atoms with Crippen molar-refractivity contribution in [3.8, 4) is 0 Å². The maximum atomic E-state index is 14.2. The van der Waals surface area contributed by atoms with E-state index in [0.29, 0.717) is 13.0 Å². The molecule has 0 aromatic carbocycles. The number of esters is 1. The Morgan fingerprint density at radius 3 is 2.50 bits per heavy atom. The van der Waals surface area contributed by atoms with Crippen LogP contribution in [0, 0.1) is 17.8 Å². The zero-order chi connectivity index (χ0) is 25.4. The molecular weight excluding hydrogens is 452 g/mol. The Bertz CT molecular complexity index is 847. The predicted octanol–water partition coefficient (Wildman–Crippen LogP) is 3.03. The molecule has 3 fully saturated rings. The minimum Gasteiger partial charge on any atom is -0.461 e. The van der Waals surface area contributed by atoms with Crippen molar-refractivity contribution < 1.29 is 24.2 Å². The Morgan fingerprint density at radius 2 is 1.97 bits per heavy atom. The lowest BCUT2D eigenvalue weighted by molar-refractivity contribution is -0.155. The highest BCUT2D eigenvalue weighted by molar-refractivity contribution is 8.02. The number of carbonyl (C=O) groups excluding carboxylic acids is 3. The molecule has 3 rings (SSSR count). The molecule has 190 valence electrons. The molecule has 1 N–H and O–H groups in total. The third-order valence-electron chi connectivity index (χ3n) is 8.12. The minimum atomic E-state index is -0.748. The molecule has 7 atom stereocenters. The van der Waals surface area contributed by atoms with Crippen LogP contribution in [0.1, 0.15) is 53.9 Å². The Balaban J connectivity index is 2.15. The van der Waals surface area contributed by atoms with E-state index in [1.807, 2.05) is 34.6 Å². The summed E-state index contributed by atoms with van der Waals surface area (Å²) in [5.74, 6) is -2.05. The van der Waals surface area contributed by atoms with E-state index in [-0.39, 0.29) is 37.0 Å². The van der Waals surface area contributed by atoms with E-state index >= 15 is 0 Å². The number of aliphatic hydroxyl groups is 1. The van der Waals surface area contributed by atoms with Gasteiger partial charge in [0, 0.05) is 17.3 Å². The normalized spacial score (nSPS) is 33.6. The van der Waals surface area contributed by atoms with Crippen molar-refractivity contribution >= 4 is 29.5 Å². The molecule has 3 saturated heterocycles. The van der Waals surface area contributed by atoms with Gasteiger partial charge in [-0.25, -0.2) is 0 Å². The van der Waals surface area contributed by atoms with E-state index in [4.69, 9.17) is 4.74 Å². The smallest absolute Gasteiger partial charge is 0.311 e. The number of ether oxygens (including phenoxy) is 1. The van der Waals surface area contributed by atoms with Gasteiger partial charge in [0.15, 0.2) is 0 Å². The second kappa shape index (κ2) is 10.1. The molecule has 3 heterocycles. The highest BCUT2D eigenvalue weighted by atomic mass is 32.2. The second-order valence-corrected chi connectivity index (χ2v) is 12.3. The summed E-state index contributed by atoms with van der Waals surface area (Å²) in [7, 11) is 0. The van der Waals surface area contributed by atoms with Gasteiger partial charge in [-0.1, -0.05) is 39.0 Å². The minimum absolute atomic E-state index is 0.00432. The maximum Gasteiger partial charge on any atom is 0.311 e. The molecule has 0 radical (unpaired) electrons. The quantitative estimate of drug-likeness (QED) is 0.352. The number of hydrogen-bond donors (Lipinski definition) is 1. The van der Waals surface area contributed by atoms with Gasteiger partial charge in [-0.3, -0.25) is 14.4 Å². The van der Waals surface area contributed by atoms with Crippen molar-refractivity contribution in [3.05, 3.63) is 25.3 Å². The molecule has 0 aromatic rings. The fraction of sp³-hybridized carbons (Fsp3) is 0.731. The fourth-order valence-corrected chi connectivity index (χ4v) is 8.58. The van der Waals surface area contributed by atoms with Gasteiger partial charge in [-0.05, 0) is 39.5 Å². The predicted molar refractivity (Wildman–Crippen MR) is 134 cm³/mol. The van der Waals surface area contributed by atoms with Crippen molar-refractivity contribution in [3.63, 3.8) is 0 Å². The summed E-state index contributed by atoms with van der Waals surface area (Å²) >= 11 is 1.62. The van der Waals surface area contributed by atoms with Crippen molar-refractivity contribution in [2.24, 2.45) is 17.8 Å². The summed E-state index contributed by atoms with van der Waals surface area (Å²) in [6, 6.07) is -1.33. The van der Waals surface area contributed by atoms with Crippen LogP contribution in [0.2, 0.25) is 0 Å². The van der Waals surface area contributed by atoms with Crippen LogP contribution in [-0.4, -0.2) is 80.1 Å². The van der Waals surface area contributed by atoms with E-state index in [0.717, 1.165) is 12.8 Å². The van der Waals surface area contributed by atoms with Crippen LogP contribution in [0.25, 0.3) is 0 Å². The van der Waals surface area contributed by atoms with Gasteiger partial charge in [-0.2, -0.15) is 0 Å². The Kier molecular flexibility index (Phi) is 7.92. The Morgan fingerprint density at radius 1 is 1.29 bits per heavy atom. The van der Waals surface area contributed by atoms with Crippen LogP contribution < -0.4 is 0 Å². The van der Waals surface area contributed by atoms with Gasteiger partial charge in [0.25, 0.3) is 0 Å². The molecule has 34 heavy (non-hydrogen) atoms.